The summed E-state index contributed by atoms with van der Waals surface area (Å²) in [7, 11) is 0. The Bertz CT molecular complexity index is 153. The van der Waals surface area contributed by atoms with Crippen LogP contribution in [0.2, 0.25) is 0 Å². The zero-order valence-electron chi connectivity index (χ0n) is 5.79. The Kier molecular flexibility index (Phi) is 1.86. The summed E-state index contributed by atoms with van der Waals surface area (Å²) in [6.07, 6.45) is -3.37. The molecule has 0 atom stereocenters. The molecule has 0 heterocycles. The Morgan fingerprint density at radius 3 is 1.91 bits per heavy atom. The van der Waals surface area contributed by atoms with Gasteiger partial charge in [0, 0.05) is 6.54 Å². The van der Waals surface area contributed by atoms with Gasteiger partial charge in [-0.05, 0) is 12.8 Å². The summed E-state index contributed by atoms with van der Waals surface area (Å²) in [6.45, 7) is -0.357. The molecule has 0 aromatic rings. The van der Waals surface area contributed by atoms with Crippen LogP contribution in [-0.2, 0) is 0 Å². The molecule has 0 aromatic carbocycles. The summed E-state index contributed by atoms with van der Waals surface area (Å²) >= 11 is 0. The van der Waals surface area contributed by atoms with Gasteiger partial charge in [0.1, 0.15) is 0 Å². The van der Waals surface area contributed by atoms with Gasteiger partial charge < -0.3 is 5.73 Å². The molecule has 0 aromatic heterocycles. The minimum absolute atomic E-state index is 0.112. The maximum Gasteiger partial charge on any atom is 0.314 e. The number of nitrogens with two attached hydrogens (primary N) is 1. The highest BCUT2D eigenvalue weighted by molar-refractivity contribution is 5.05. The second-order valence-corrected chi connectivity index (χ2v) is 2.91. The van der Waals surface area contributed by atoms with Gasteiger partial charge in [-0.1, -0.05) is 0 Å². The molecule has 0 spiro atoms. The molecule has 0 radical (unpaired) electrons. The van der Waals surface area contributed by atoms with Crippen LogP contribution in [0.1, 0.15) is 12.8 Å². The second-order valence-electron chi connectivity index (χ2n) is 2.91. The maximum absolute atomic E-state index is 12.6. The van der Waals surface area contributed by atoms with Crippen molar-refractivity contribution in [2.24, 2.45) is 11.1 Å². The van der Waals surface area contributed by atoms with Crippen LogP contribution in [0.4, 0.5) is 17.6 Å². The van der Waals surface area contributed by atoms with Crippen molar-refractivity contribution >= 4 is 0 Å². The fraction of sp³-hybridized carbons (Fsp3) is 1.00. The first kappa shape index (κ1) is 8.77. The van der Waals surface area contributed by atoms with Crippen LogP contribution >= 0.6 is 0 Å². The van der Waals surface area contributed by atoms with E-state index in [1.54, 1.807) is 0 Å². The predicted molar refractivity (Wildman–Crippen MR) is 31.7 cm³/mol. The highest BCUT2D eigenvalue weighted by Gasteiger charge is 2.65. The first-order valence-electron chi connectivity index (χ1n) is 3.32. The monoisotopic (exact) mass is 171 g/mol. The topological polar surface area (TPSA) is 26.0 Å². The summed E-state index contributed by atoms with van der Waals surface area (Å²) in [5, 5.41) is 0. The zero-order chi connectivity index (χ0) is 8.70. The van der Waals surface area contributed by atoms with Crippen LogP contribution in [0.5, 0.6) is 0 Å². The second kappa shape index (κ2) is 2.33. The van der Waals surface area contributed by atoms with Gasteiger partial charge in [0.05, 0.1) is 5.41 Å². The van der Waals surface area contributed by atoms with E-state index in [0.717, 1.165) is 0 Å². The summed E-state index contributed by atoms with van der Waals surface area (Å²) in [5.74, 6) is -3.90. The van der Waals surface area contributed by atoms with Crippen LogP contribution in [-0.4, -0.2) is 18.9 Å². The van der Waals surface area contributed by atoms with Gasteiger partial charge in [0.15, 0.2) is 0 Å². The number of hydrogen-bond donors (Lipinski definition) is 1. The third kappa shape index (κ3) is 1.11. The molecule has 0 saturated heterocycles. The van der Waals surface area contributed by atoms with Gasteiger partial charge in [0.25, 0.3) is 0 Å². The van der Waals surface area contributed by atoms with Crippen LogP contribution < -0.4 is 5.73 Å². The Morgan fingerprint density at radius 1 is 1.36 bits per heavy atom. The molecule has 1 nitrogen and oxygen atoms in total. The van der Waals surface area contributed by atoms with Gasteiger partial charge >= 0.3 is 12.3 Å². The molecular formula is C6H9F4N. The lowest BCUT2D eigenvalue weighted by Gasteiger charge is -2.24. The van der Waals surface area contributed by atoms with Crippen LogP contribution in [0.15, 0.2) is 0 Å². The summed E-state index contributed by atoms with van der Waals surface area (Å²) in [5.41, 5.74) is 3.38. The molecule has 0 aliphatic heterocycles. The van der Waals surface area contributed by atoms with Gasteiger partial charge in [-0.2, -0.15) is 8.78 Å². The molecule has 2 N–H and O–H groups in total. The van der Waals surface area contributed by atoms with E-state index < -0.39 is 17.8 Å². The Balaban J connectivity index is 2.71. The summed E-state index contributed by atoms with van der Waals surface area (Å²) < 4.78 is 48.6. The third-order valence-electron chi connectivity index (χ3n) is 2.23. The Labute approximate surface area is 61.6 Å². The SMILES string of the molecule is NCC1(C(F)(F)C(F)F)CC1. The molecule has 0 unspecified atom stereocenters. The quantitative estimate of drug-likeness (QED) is 0.641. The van der Waals surface area contributed by atoms with Crippen LogP contribution in [0.3, 0.4) is 0 Å². The number of rotatable bonds is 3. The highest BCUT2D eigenvalue weighted by atomic mass is 19.3. The molecule has 1 rings (SSSR count). The lowest BCUT2D eigenvalue weighted by molar-refractivity contribution is -0.173. The first-order chi connectivity index (χ1) is 4.96. The first-order valence-corrected chi connectivity index (χ1v) is 3.32. The van der Waals surface area contributed by atoms with Crippen molar-refractivity contribution < 1.29 is 17.6 Å². The average molecular weight is 171 g/mol. The lowest BCUT2D eigenvalue weighted by Crippen LogP contribution is -2.42. The van der Waals surface area contributed by atoms with Gasteiger partial charge in [0.2, 0.25) is 0 Å². The van der Waals surface area contributed by atoms with Crippen molar-refractivity contribution in [3.05, 3.63) is 0 Å². The molecule has 1 fully saturated rings. The predicted octanol–water partition coefficient (Wildman–Crippen LogP) is 1.63. The largest absolute Gasteiger partial charge is 0.330 e. The van der Waals surface area contributed by atoms with Crippen molar-refractivity contribution in [2.75, 3.05) is 6.54 Å². The van der Waals surface area contributed by atoms with E-state index in [-0.39, 0.29) is 19.4 Å². The molecule has 5 heteroatoms. The average Bonchev–Trinajstić information content (AvgIpc) is 2.66. The normalized spacial score (nSPS) is 22.4. The summed E-state index contributed by atoms with van der Waals surface area (Å²) in [4.78, 5) is 0. The Morgan fingerprint density at radius 2 is 1.82 bits per heavy atom. The van der Waals surface area contributed by atoms with Crippen molar-refractivity contribution in [3.8, 4) is 0 Å². The van der Waals surface area contributed by atoms with E-state index in [1.807, 2.05) is 0 Å². The number of hydrogen-bond acceptors (Lipinski definition) is 1. The molecule has 66 valence electrons. The van der Waals surface area contributed by atoms with Crippen molar-refractivity contribution in [1.29, 1.82) is 0 Å². The molecule has 0 bridgehead atoms. The summed E-state index contributed by atoms with van der Waals surface area (Å²) in [6, 6.07) is 0. The van der Waals surface area contributed by atoms with Crippen LogP contribution in [0, 0.1) is 5.41 Å². The van der Waals surface area contributed by atoms with E-state index in [0.29, 0.717) is 0 Å². The molecule has 1 aliphatic rings. The van der Waals surface area contributed by atoms with E-state index in [2.05, 4.69) is 0 Å². The van der Waals surface area contributed by atoms with E-state index in [4.69, 9.17) is 5.73 Å². The number of alkyl halides is 4. The zero-order valence-corrected chi connectivity index (χ0v) is 5.79. The fourth-order valence-corrected chi connectivity index (χ4v) is 1.06. The minimum atomic E-state index is -3.90. The van der Waals surface area contributed by atoms with Crippen molar-refractivity contribution in [3.63, 3.8) is 0 Å². The van der Waals surface area contributed by atoms with Gasteiger partial charge in [-0.25, -0.2) is 8.78 Å². The standard InChI is InChI=1S/C6H9F4N/c7-4(8)6(9,10)5(3-11)1-2-5/h4H,1-3,11H2. The highest BCUT2D eigenvalue weighted by Crippen LogP contribution is 2.58. The Hall–Kier alpha value is -0.320. The van der Waals surface area contributed by atoms with Gasteiger partial charge in [-0.3, -0.25) is 0 Å². The van der Waals surface area contributed by atoms with E-state index in [1.165, 1.54) is 0 Å². The van der Waals surface area contributed by atoms with Gasteiger partial charge in [-0.15, -0.1) is 0 Å². The number of halogens is 4. The fourth-order valence-electron chi connectivity index (χ4n) is 1.06. The molecule has 1 saturated carbocycles. The maximum atomic E-state index is 12.6. The molecule has 11 heavy (non-hydrogen) atoms. The van der Waals surface area contributed by atoms with E-state index in [9.17, 15) is 17.6 Å². The minimum Gasteiger partial charge on any atom is -0.330 e. The van der Waals surface area contributed by atoms with Crippen molar-refractivity contribution in [1.82, 2.24) is 0 Å². The van der Waals surface area contributed by atoms with Crippen LogP contribution in [0.25, 0.3) is 0 Å². The molecular weight excluding hydrogens is 162 g/mol. The third-order valence-corrected chi connectivity index (χ3v) is 2.23. The van der Waals surface area contributed by atoms with E-state index >= 15 is 0 Å². The lowest BCUT2D eigenvalue weighted by atomic mass is 9.99. The smallest absolute Gasteiger partial charge is 0.314 e. The van der Waals surface area contributed by atoms with Crippen molar-refractivity contribution in [2.45, 2.75) is 25.2 Å². The molecule has 0 amide bonds. The molecule has 1 aliphatic carbocycles.